The summed E-state index contributed by atoms with van der Waals surface area (Å²) in [6.45, 7) is 3.23. The fraction of sp³-hybridized carbons (Fsp3) is 0.167. The predicted octanol–water partition coefficient (Wildman–Crippen LogP) is 3.76. The molecule has 2 rings (SSSR count). The van der Waals surface area contributed by atoms with Gasteiger partial charge in [-0.25, -0.2) is 0 Å². The lowest BCUT2D eigenvalue weighted by atomic mass is 10.1. The van der Waals surface area contributed by atoms with E-state index in [2.05, 4.69) is 0 Å². The topological polar surface area (TPSA) is 26.3 Å². The van der Waals surface area contributed by atoms with E-state index in [4.69, 9.17) is 4.52 Å². The van der Waals surface area contributed by atoms with Gasteiger partial charge in [0, 0.05) is 13.3 Å². The third-order valence-electron chi connectivity index (χ3n) is 2.05. The highest BCUT2D eigenvalue weighted by Crippen LogP contribution is 2.39. The van der Waals surface area contributed by atoms with Gasteiger partial charge in [-0.05, 0) is 22.9 Å². The van der Waals surface area contributed by atoms with Crippen LogP contribution in [0.3, 0.4) is 0 Å². The van der Waals surface area contributed by atoms with Crippen LogP contribution in [0.1, 0.15) is 0 Å². The van der Waals surface area contributed by atoms with Gasteiger partial charge in [-0.1, -0.05) is 30.3 Å². The third-order valence-corrected chi connectivity index (χ3v) is 2.70. The van der Waals surface area contributed by atoms with Crippen LogP contribution >= 0.6 is 7.37 Å². The summed E-state index contributed by atoms with van der Waals surface area (Å²) in [6, 6.07) is 13.8. The maximum Gasteiger partial charge on any atom is 0.242 e. The van der Waals surface area contributed by atoms with E-state index in [1.165, 1.54) is 0 Å². The molecule has 0 N–H and O–H groups in total. The standard InChI is InChI=1S/C12H13O2P/c1-15(2,13)14-12-8-7-10-5-3-4-6-11(10)9-12/h3-9H,1-2H3. The summed E-state index contributed by atoms with van der Waals surface area (Å²) < 4.78 is 16.9. The van der Waals surface area contributed by atoms with Crippen molar-refractivity contribution in [2.45, 2.75) is 0 Å². The Morgan fingerprint density at radius 1 is 1.00 bits per heavy atom. The first-order valence-electron chi connectivity index (χ1n) is 4.78. The Labute approximate surface area is 89.3 Å². The molecule has 0 amide bonds. The molecular formula is C12H13O2P. The molecular weight excluding hydrogens is 207 g/mol. The SMILES string of the molecule is CP(C)(=O)Oc1ccc2ccccc2c1. The van der Waals surface area contributed by atoms with Crippen LogP contribution in [0, 0.1) is 0 Å². The van der Waals surface area contributed by atoms with Crippen LogP contribution < -0.4 is 4.52 Å². The molecule has 2 nitrogen and oxygen atoms in total. The smallest absolute Gasteiger partial charge is 0.242 e. The van der Waals surface area contributed by atoms with Gasteiger partial charge in [-0.15, -0.1) is 0 Å². The predicted molar refractivity (Wildman–Crippen MR) is 64.0 cm³/mol. The molecule has 0 saturated heterocycles. The van der Waals surface area contributed by atoms with Crippen LogP contribution in [0.2, 0.25) is 0 Å². The summed E-state index contributed by atoms with van der Waals surface area (Å²) in [6.07, 6.45) is 0. The first-order chi connectivity index (χ1) is 7.04. The van der Waals surface area contributed by atoms with Crippen LogP contribution in [0.15, 0.2) is 42.5 Å². The normalized spacial score (nSPS) is 11.6. The molecule has 2 aromatic carbocycles. The summed E-state index contributed by atoms with van der Waals surface area (Å²) in [5.74, 6) is 0.669. The van der Waals surface area contributed by atoms with Gasteiger partial charge < -0.3 is 4.52 Å². The van der Waals surface area contributed by atoms with Crippen molar-refractivity contribution in [2.75, 3.05) is 13.3 Å². The van der Waals surface area contributed by atoms with Gasteiger partial charge in [-0.2, -0.15) is 0 Å². The van der Waals surface area contributed by atoms with Crippen molar-refractivity contribution in [3.8, 4) is 5.75 Å². The first kappa shape index (κ1) is 10.3. The molecule has 0 saturated carbocycles. The number of fused-ring (bicyclic) bond motifs is 1. The van der Waals surface area contributed by atoms with Crippen molar-refractivity contribution < 1.29 is 9.09 Å². The molecule has 0 aliphatic carbocycles. The Morgan fingerprint density at radius 2 is 1.67 bits per heavy atom. The zero-order valence-electron chi connectivity index (χ0n) is 8.81. The largest absolute Gasteiger partial charge is 0.443 e. The van der Waals surface area contributed by atoms with Gasteiger partial charge in [0.05, 0.1) is 0 Å². The maximum absolute atomic E-state index is 11.5. The fourth-order valence-electron chi connectivity index (χ4n) is 1.48. The monoisotopic (exact) mass is 220 g/mol. The molecule has 0 aliphatic heterocycles. The second-order valence-corrected chi connectivity index (χ2v) is 6.54. The Morgan fingerprint density at radius 3 is 2.33 bits per heavy atom. The van der Waals surface area contributed by atoms with E-state index in [1.54, 1.807) is 13.3 Å². The zero-order valence-corrected chi connectivity index (χ0v) is 9.70. The summed E-state index contributed by atoms with van der Waals surface area (Å²) >= 11 is 0. The molecule has 0 radical (unpaired) electrons. The average molecular weight is 220 g/mol. The maximum atomic E-state index is 11.5. The molecule has 15 heavy (non-hydrogen) atoms. The highest BCUT2D eigenvalue weighted by atomic mass is 31.2. The molecule has 0 heterocycles. The lowest BCUT2D eigenvalue weighted by Crippen LogP contribution is -1.88. The minimum absolute atomic E-state index is 0.669. The van der Waals surface area contributed by atoms with Crippen LogP contribution in [-0.4, -0.2) is 13.3 Å². The summed E-state index contributed by atoms with van der Waals surface area (Å²) in [7, 11) is -2.47. The van der Waals surface area contributed by atoms with Crippen molar-refractivity contribution >= 4 is 18.1 Å². The average Bonchev–Trinajstić information content (AvgIpc) is 2.15. The molecule has 0 unspecified atom stereocenters. The second kappa shape index (κ2) is 3.71. The van der Waals surface area contributed by atoms with Crippen LogP contribution in [0.25, 0.3) is 10.8 Å². The minimum Gasteiger partial charge on any atom is -0.443 e. The van der Waals surface area contributed by atoms with Crippen LogP contribution in [0.5, 0.6) is 5.75 Å². The van der Waals surface area contributed by atoms with E-state index >= 15 is 0 Å². The van der Waals surface area contributed by atoms with Gasteiger partial charge in [0.25, 0.3) is 0 Å². The Hall–Kier alpha value is -1.27. The van der Waals surface area contributed by atoms with Crippen molar-refractivity contribution in [1.82, 2.24) is 0 Å². The second-order valence-electron chi connectivity index (χ2n) is 3.85. The van der Waals surface area contributed by atoms with Crippen molar-refractivity contribution in [1.29, 1.82) is 0 Å². The van der Waals surface area contributed by atoms with Gasteiger partial charge in [-0.3, -0.25) is 4.57 Å². The lowest BCUT2D eigenvalue weighted by molar-refractivity contribution is 0.494. The molecule has 0 aromatic heterocycles. The minimum atomic E-state index is -2.47. The fourth-order valence-corrected chi connectivity index (χ4v) is 2.10. The van der Waals surface area contributed by atoms with E-state index in [9.17, 15) is 4.57 Å². The van der Waals surface area contributed by atoms with Crippen molar-refractivity contribution in [3.63, 3.8) is 0 Å². The summed E-state index contributed by atoms with van der Waals surface area (Å²) in [5.41, 5.74) is 0. The van der Waals surface area contributed by atoms with Crippen molar-refractivity contribution in [3.05, 3.63) is 42.5 Å². The molecule has 0 spiro atoms. The van der Waals surface area contributed by atoms with Crippen LogP contribution in [0.4, 0.5) is 0 Å². The van der Waals surface area contributed by atoms with E-state index in [0.29, 0.717) is 5.75 Å². The van der Waals surface area contributed by atoms with Crippen molar-refractivity contribution in [2.24, 2.45) is 0 Å². The molecule has 0 bridgehead atoms. The lowest BCUT2D eigenvalue weighted by Gasteiger charge is -2.10. The summed E-state index contributed by atoms with van der Waals surface area (Å²) in [4.78, 5) is 0. The zero-order chi connectivity index (χ0) is 10.9. The molecule has 0 fully saturated rings. The first-order valence-corrected chi connectivity index (χ1v) is 7.30. The Balaban J connectivity index is 2.43. The van der Waals surface area contributed by atoms with E-state index < -0.39 is 7.37 Å². The molecule has 2 aromatic rings. The van der Waals surface area contributed by atoms with Gasteiger partial charge in [0.1, 0.15) is 5.75 Å². The Kier molecular flexibility index (Phi) is 2.54. The molecule has 78 valence electrons. The molecule has 3 heteroatoms. The van der Waals surface area contributed by atoms with Crippen LogP contribution in [-0.2, 0) is 4.57 Å². The Bertz CT molecular complexity index is 528. The van der Waals surface area contributed by atoms with E-state index in [-0.39, 0.29) is 0 Å². The number of benzene rings is 2. The van der Waals surface area contributed by atoms with E-state index in [0.717, 1.165) is 10.8 Å². The number of rotatable bonds is 2. The van der Waals surface area contributed by atoms with E-state index in [1.807, 2.05) is 42.5 Å². The quantitative estimate of drug-likeness (QED) is 0.720. The highest BCUT2D eigenvalue weighted by Gasteiger charge is 2.08. The highest BCUT2D eigenvalue weighted by molar-refractivity contribution is 7.57. The molecule has 0 aliphatic rings. The third kappa shape index (κ3) is 2.60. The van der Waals surface area contributed by atoms with Gasteiger partial charge in [0.2, 0.25) is 7.37 Å². The summed E-state index contributed by atoms with van der Waals surface area (Å²) in [5, 5.41) is 2.26. The van der Waals surface area contributed by atoms with Gasteiger partial charge in [0.15, 0.2) is 0 Å². The number of hydrogen-bond acceptors (Lipinski definition) is 2. The van der Waals surface area contributed by atoms with Gasteiger partial charge >= 0.3 is 0 Å². The molecule has 0 atom stereocenters. The number of hydrogen-bond donors (Lipinski definition) is 0.